The number of halogens is 1. The number of hydrogen-bond donors (Lipinski definition) is 1. The zero-order chi connectivity index (χ0) is 20.0. The predicted octanol–water partition coefficient (Wildman–Crippen LogP) is 4.07. The van der Waals surface area contributed by atoms with Gasteiger partial charge in [-0.1, -0.05) is 19.9 Å². The van der Waals surface area contributed by atoms with Crippen molar-refractivity contribution >= 4 is 27.7 Å². The van der Waals surface area contributed by atoms with Gasteiger partial charge >= 0.3 is 0 Å². The highest BCUT2D eigenvalue weighted by Crippen LogP contribution is 2.26. The molecule has 5 nitrogen and oxygen atoms in total. The van der Waals surface area contributed by atoms with Gasteiger partial charge in [-0.25, -0.2) is 0 Å². The fourth-order valence-corrected chi connectivity index (χ4v) is 3.99. The molecule has 0 aliphatic carbocycles. The number of nitrogens with zero attached hydrogens (tertiary/aromatic N) is 1. The first-order chi connectivity index (χ1) is 12.8. The molecular weight excluding hydrogens is 408 g/mol. The van der Waals surface area contributed by atoms with Crippen molar-refractivity contribution in [2.75, 3.05) is 13.1 Å². The van der Waals surface area contributed by atoms with Crippen molar-refractivity contribution in [3.8, 4) is 5.75 Å². The van der Waals surface area contributed by atoms with E-state index in [-0.39, 0.29) is 23.8 Å². The summed E-state index contributed by atoms with van der Waals surface area (Å²) in [6.07, 6.45) is 2.77. The Morgan fingerprint density at radius 3 is 2.44 bits per heavy atom. The van der Waals surface area contributed by atoms with Crippen LogP contribution in [0.3, 0.4) is 0 Å². The fourth-order valence-electron chi connectivity index (χ4n) is 3.40. The Morgan fingerprint density at radius 1 is 1.26 bits per heavy atom. The Kier molecular flexibility index (Phi) is 8.14. The number of likely N-dealkylation sites (tertiary alicyclic amines) is 1. The smallest absolute Gasteiger partial charge is 0.260 e. The van der Waals surface area contributed by atoms with Gasteiger partial charge in [-0.2, -0.15) is 0 Å². The van der Waals surface area contributed by atoms with Gasteiger partial charge in [0.25, 0.3) is 5.91 Å². The number of carbonyl (C=O) groups is 2. The summed E-state index contributed by atoms with van der Waals surface area (Å²) < 4.78 is 6.64. The van der Waals surface area contributed by atoms with Gasteiger partial charge in [-0.3, -0.25) is 9.59 Å². The van der Waals surface area contributed by atoms with Gasteiger partial charge in [0.1, 0.15) is 5.75 Å². The van der Waals surface area contributed by atoms with E-state index in [9.17, 15) is 9.59 Å². The highest BCUT2D eigenvalue weighted by Gasteiger charge is 2.28. The van der Waals surface area contributed by atoms with Crippen LogP contribution >= 0.6 is 15.9 Å². The number of carbonyl (C=O) groups excluding carboxylic acids is 2. The van der Waals surface area contributed by atoms with Crippen LogP contribution in [0.1, 0.15) is 52.0 Å². The van der Waals surface area contributed by atoms with Crippen LogP contribution in [0.5, 0.6) is 5.75 Å². The van der Waals surface area contributed by atoms with Crippen molar-refractivity contribution in [2.24, 2.45) is 5.92 Å². The summed E-state index contributed by atoms with van der Waals surface area (Å²) in [5.41, 5.74) is 1.13. The highest BCUT2D eigenvalue weighted by molar-refractivity contribution is 9.10. The van der Waals surface area contributed by atoms with Crippen molar-refractivity contribution in [3.63, 3.8) is 0 Å². The van der Waals surface area contributed by atoms with E-state index >= 15 is 0 Å². The van der Waals surface area contributed by atoms with Crippen molar-refractivity contribution in [2.45, 2.75) is 65.5 Å². The number of ether oxygens (including phenoxy) is 1. The summed E-state index contributed by atoms with van der Waals surface area (Å²) in [5, 5.41) is 3.07. The summed E-state index contributed by atoms with van der Waals surface area (Å²) in [6.45, 7) is 9.30. The van der Waals surface area contributed by atoms with Crippen molar-refractivity contribution < 1.29 is 14.3 Å². The minimum Gasteiger partial charge on any atom is -0.480 e. The molecule has 1 unspecified atom stereocenters. The van der Waals surface area contributed by atoms with Gasteiger partial charge in [0, 0.05) is 25.0 Å². The number of nitrogens with one attached hydrogen (secondary N) is 1. The zero-order valence-electron chi connectivity index (χ0n) is 16.8. The van der Waals surface area contributed by atoms with E-state index in [2.05, 4.69) is 35.1 Å². The van der Waals surface area contributed by atoms with Crippen LogP contribution in [0, 0.1) is 12.8 Å². The Morgan fingerprint density at radius 2 is 1.89 bits per heavy atom. The average molecular weight is 439 g/mol. The first kappa shape index (κ1) is 21.7. The van der Waals surface area contributed by atoms with Crippen LogP contribution in [0.4, 0.5) is 0 Å². The molecule has 2 rings (SSSR count). The predicted molar refractivity (Wildman–Crippen MR) is 111 cm³/mol. The quantitative estimate of drug-likeness (QED) is 0.697. The highest BCUT2D eigenvalue weighted by atomic mass is 79.9. The maximum absolute atomic E-state index is 12.5. The summed E-state index contributed by atoms with van der Waals surface area (Å²) in [4.78, 5) is 26.9. The molecule has 1 fully saturated rings. The lowest BCUT2D eigenvalue weighted by atomic mass is 9.98. The Labute approximate surface area is 171 Å². The van der Waals surface area contributed by atoms with E-state index in [1.807, 2.05) is 30.0 Å². The molecule has 0 radical (unpaired) electrons. The average Bonchev–Trinajstić information content (AvgIpc) is 2.65. The molecular formula is C21H31BrN2O3. The van der Waals surface area contributed by atoms with E-state index < -0.39 is 6.10 Å². The minimum atomic E-state index is -0.576. The van der Waals surface area contributed by atoms with Gasteiger partial charge in [0.05, 0.1) is 4.47 Å². The van der Waals surface area contributed by atoms with E-state index in [1.165, 1.54) is 0 Å². The summed E-state index contributed by atoms with van der Waals surface area (Å²) in [6, 6.07) is 5.88. The van der Waals surface area contributed by atoms with E-state index in [1.54, 1.807) is 6.92 Å². The number of benzene rings is 1. The first-order valence-electron chi connectivity index (χ1n) is 9.87. The molecule has 0 saturated carbocycles. The van der Waals surface area contributed by atoms with Crippen LogP contribution in [0.25, 0.3) is 0 Å². The standard InChI is InChI=1S/C21H31BrN2O3/c1-5-16(6-2)21(26)24-11-9-17(10-12-24)23-20(25)15(4)27-19-8-7-14(3)13-18(19)22/h7-8,13,15-17H,5-6,9-12H2,1-4H3,(H,23,25). The first-order valence-corrected chi connectivity index (χ1v) is 10.7. The second-order valence-corrected chi connectivity index (χ2v) is 8.17. The topological polar surface area (TPSA) is 58.6 Å². The molecule has 6 heteroatoms. The largest absolute Gasteiger partial charge is 0.480 e. The van der Waals surface area contributed by atoms with E-state index in [4.69, 9.17) is 4.74 Å². The molecule has 0 aromatic heterocycles. The van der Waals surface area contributed by atoms with Crippen LogP contribution in [-0.2, 0) is 9.59 Å². The van der Waals surface area contributed by atoms with Gasteiger partial charge in [-0.15, -0.1) is 0 Å². The molecule has 1 aromatic rings. The Balaban J connectivity index is 1.82. The van der Waals surface area contributed by atoms with E-state index in [0.29, 0.717) is 18.8 Å². The SMILES string of the molecule is CCC(CC)C(=O)N1CCC(NC(=O)C(C)Oc2ccc(C)cc2Br)CC1. The molecule has 0 spiro atoms. The van der Waals surface area contributed by atoms with Crippen LogP contribution in [0.2, 0.25) is 0 Å². The third-order valence-corrected chi connectivity index (χ3v) is 5.87. The number of hydrogen-bond acceptors (Lipinski definition) is 3. The molecule has 0 bridgehead atoms. The maximum Gasteiger partial charge on any atom is 0.260 e. The van der Waals surface area contributed by atoms with Gasteiger partial charge in [-0.05, 0) is 73.2 Å². The molecule has 150 valence electrons. The second kappa shape index (κ2) is 10.1. The molecule has 1 aliphatic heterocycles. The van der Waals surface area contributed by atoms with E-state index in [0.717, 1.165) is 35.7 Å². The van der Waals surface area contributed by atoms with Crippen molar-refractivity contribution in [3.05, 3.63) is 28.2 Å². The normalized spacial score (nSPS) is 16.3. The number of aryl methyl sites for hydroxylation is 1. The summed E-state index contributed by atoms with van der Waals surface area (Å²) in [5.74, 6) is 0.921. The number of amides is 2. The van der Waals surface area contributed by atoms with Crippen LogP contribution in [0.15, 0.2) is 22.7 Å². The third-order valence-electron chi connectivity index (χ3n) is 5.25. The molecule has 1 aliphatic rings. The Bertz CT molecular complexity index is 653. The molecule has 1 aromatic carbocycles. The van der Waals surface area contributed by atoms with Gasteiger partial charge < -0.3 is 15.0 Å². The van der Waals surface area contributed by atoms with Crippen LogP contribution < -0.4 is 10.1 Å². The van der Waals surface area contributed by atoms with Crippen LogP contribution in [-0.4, -0.2) is 41.9 Å². The zero-order valence-corrected chi connectivity index (χ0v) is 18.3. The fraction of sp³-hybridized carbons (Fsp3) is 0.619. The summed E-state index contributed by atoms with van der Waals surface area (Å²) in [7, 11) is 0. The molecule has 1 N–H and O–H groups in total. The number of piperidine rings is 1. The molecule has 1 saturated heterocycles. The van der Waals surface area contributed by atoms with Crippen molar-refractivity contribution in [1.29, 1.82) is 0 Å². The maximum atomic E-state index is 12.5. The van der Waals surface area contributed by atoms with Gasteiger partial charge in [0.2, 0.25) is 5.91 Å². The Hall–Kier alpha value is -1.56. The monoisotopic (exact) mass is 438 g/mol. The number of rotatable bonds is 7. The minimum absolute atomic E-state index is 0.0933. The lowest BCUT2D eigenvalue weighted by Crippen LogP contribution is -2.50. The third kappa shape index (κ3) is 5.96. The van der Waals surface area contributed by atoms with Crippen molar-refractivity contribution in [1.82, 2.24) is 10.2 Å². The molecule has 2 amide bonds. The molecule has 27 heavy (non-hydrogen) atoms. The lowest BCUT2D eigenvalue weighted by Gasteiger charge is -2.34. The summed E-state index contributed by atoms with van der Waals surface area (Å²) >= 11 is 3.47. The molecule has 1 atom stereocenters. The van der Waals surface area contributed by atoms with Gasteiger partial charge in [0.15, 0.2) is 6.10 Å². The lowest BCUT2D eigenvalue weighted by molar-refractivity contribution is -0.137. The molecule has 1 heterocycles. The second-order valence-electron chi connectivity index (χ2n) is 7.32.